The highest BCUT2D eigenvalue weighted by molar-refractivity contribution is 5.47. The minimum atomic E-state index is -0.699. The van der Waals surface area contributed by atoms with E-state index in [1.54, 1.807) is 6.20 Å². The van der Waals surface area contributed by atoms with Gasteiger partial charge in [0, 0.05) is 37.5 Å². The first-order chi connectivity index (χ1) is 10.2. The van der Waals surface area contributed by atoms with E-state index in [0.717, 1.165) is 18.2 Å². The highest BCUT2D eigenvalue weighted by atomic mass is 19.1. The van der Waals surface area contributed by atoms with Crippen LogP contribution in [0, 0.1) is 11.6 Å². The van der Waals surface area contributed by atoms with Crippen LogP contribution in [-0.4, -0.2) is 23.1 Å². The van der Waals surface area contributed by atoms with E-state index in [2.05, 4.69) is 20.6 Å². The topological polar surface area (TPSA) is 49.8 Å². The quantitative estimate of drug-likeness (QED) is 0.822. The van der Waals surface area contributed by atoms with E-state index in [4.69, 9.17) is 0 Å². The summed E-state index contributed by atoms with van der Waals surface area (Å²) in [4.78, 5) is 8.13. The molecule has 0 saturated carbocycles. The van der Waals surface area contributed by atoms with Crippen molar-refractivity contribution in [2.75, 3.05) is 23.7 Å². The molecule has 0 atom stereocenters. The van der Waals surface area contributed by atoms with E-state index >= 15 is 0 Å². The predicted octanol–water partition coefficient (Wildman–Crippen LogP) is 3.23. The Kier molecular flexibility index (Phi) is 5.43. The van der Waals surface area contributed by atoms with Gasteiger partial charge < -0.3 is 10.6 Å². The zero-order valence-corrected chi connectivity index (χ0v) is 11.9. The average molecular weight is 292 g/mol. The van der Waals surface area contributed by atoms with Crippen LogP contribution in [-0.2, 0) is 6.42 Å². The van der Waals surface area contributed by atoms with Gasteiger partial charge in [0.15, 0.2) is 23.3 Å². The molecule has 0 aliphatic heterocycles. The van der Waals surface area contributed by atoms with Crippen molar-refractivity contribution in [2.24, 2.45) is 0 Å². The van der Waals surface area contributed by atoms with Crippen molar-refractivity contribution in [2.45, 2.75) is 19.8 Å². The lowest BCUT2D eigenvalue weighted by molar-refractivity contribution is 0.577. The van der Waals surface area contributed by atoms with Gasteiger partial charge in [0.1, 0.15) is 0 Å². The predicted molar refractivity (Wildman–Crippen MR) is 79.4 cm³/mol. The molecule has 2 aromatic heterocycles. The summed E-state index contributed by atoms with van der Waals surface area (Å²) in [6.45, 7) is 3.02. The number of hydrogen-bond donors (Lipinski definition) is 2. The maximum Gasteiger partial charge on any atom is 0.168 e. The van der Waals surface area contributed by atoms with Crippen molar-refractivity contribution in [3.63, 3.8) is 0 Å². The summed E-state index contributed by atoms with van der Waals surface area (Å²) >= 11 is 0. The molecular formula is C15H18F2N4. The van der Waals surface area contributed by atoms with Crippen LogP contribution in [0.4, 0.5) is 20.4 Å². The van der Waals surface area contributed by atoms with E-state index < -0.39 is 11.6 Å². The Hall–Kier alpha value is -2.24. The summed E-state index contributed by atoms with van der Waals surface area (Å²) in [5.74, 6) is -1.27. The van der Waals surface area contributed by atoms with Crippen molar-refractivity contribution in [3.05, 3.63) is 47.8 Å². The van der Waals surface area contributed by atoms with Crippen LogP contribution in [0.1, 0.15) is 19.0 Å². The molecule has 0 amide bonds. The molecule has 0 unspecified atom stereocenters. The van der Waals surface area contributed by atoms with Gasteiger partial charge in [0.2, 0.25) is 0 Å². The lowest BCUT2D eigenvalue weighted by Gasteiger charge is -2.10. The Morgan fingerprint density at radius 1 is 1.05 bits per heavy atom. The molecule has 0 aliphatic rings. The van der Waals surface area contributed by atoms with E-state index in [0.29, 0.717) is 19.5 Å². The van der Waals surface area contributed by atoms with Crippen molar-refractivity contribution in [1.29, 1.82) is 0 Å². The third kappa shape index (κ3) is 4.37. The number of nitrogens with zero attached hydrogens (tertiary/aromatic N) is 2. The lowest BCUT2D eigenvalue weighted by atomic mass is 10.2. The Morgan fingerprint density at radius 3 is 2.38 bits per heavy atom. The second-order valence-electron chi connectivity index (χ2n) is 4.57. The number of rotatable bonds is 7. The summed E-state index contributed by atoms with van der Waals surface area (Å²) in [7, 11) is 0. The Labute approximate surface area is 122 Å². The van der Waals surface area contributed by atoms with Crippen LogP contribution in [0.5, 0.6) is 0 Å². The Balaban J connectivity index is 1.98. The Bertz CT molecular complexity index is 575. The number of halogens is 2. The number of hydrogen-bond acceptors (Lipinski definition) is 4. The van der Waals surface area contributed by atoms with E-state index in [1.807, 2.05) is 25.1 Å². The minimum absolute atomic E-state index is 0.0472. The smallest absolute Gasteiger partial charge is 0.168 e. The number of anilines is 2. The van der Waals surface area contributed by atoms with Gasteiger partial charge in [-0.2, -0.15) is 0 Å². The monoisotopic (exact) mass is 292 g/mol. The Morgan fingerprint density at radius 2 is 1.76 bits per heavy atom. The molecule has 0 bridgehead atoms. The molecule has 112 valence electrons. The number of pyridine rings is 2. The molecule has 0 radical (unpaired) electrons. The summed E-state index contributed by atoms with van der Waals surface area (Å²) in [6.07, 6.45) is 3.18. The van der Waals surface area contributed by atoms with Gasteiger partial charge in [0.25, 0.3) is 0 Å². The van der Waals surface area contributed by atoms with Crippen molar-refractivity contribution in [1.82, 2.24) is 9.97 Å². The van der Waals surface area contributed by atoms with Gasteiger partial charge in [-0.15, -0.1) is 0 Å². The molecule has 0 aliphatic carbocycles. The fraction of sp³-hybridized carbons (Fsp3) is 0.333. The third-order valence-corrected chi connectivity index (χ3v) is 2.87. The van der Waals surface area contributed by atoms with Gasteiger partial charge in [-0.05, 0) is 18.6 Å². The van der Waals surface area contributed by atoms with Crippen LogP contribution >= 0.6 is 0 Å². The average Bonchev–Trinajstić information content (AvgIpc) is 2.49. The number of nitrogens with one attached hydrogen (secondary N) is 2. The number of aromatic nitrogens is 2. The van der Waals surface area contributed by atoms with Gasteiger partial charge in [-0.25, -0.2) is 13.8 Å². The van der Waals surface area contributed by atoms with Gasteiger partial charge in [-0.3, -0.25) is 4.98 Å². The fourth-order valence-electron chi connectivity index (χ4n) is 1.81. The normalized spacial score (nSPS) is 10.4. The van der Waals surface area contributed by atoms with Gasteiger partial charge in [0.05, 0.1) is 0 Å². The molecule has 0 fully saturated rings. The van der Waals surface area contributed by atoms with E-state index in [1.165, 1.54) is 0 Å². The molecule has 21 heavy (non-hydrogen) atoms. The van der Waals surface area contributed by atoms with Crippen LogP contribution in [0.15, 0.2) is 30.5 Å². The fourth-order valence-corrected chi connectivity index (χ4v) is 1.81. The zero-order chi connectivity index (χ0) is 15.1. The largest absolute Gasteiger partial charge is 0.368 e. The summed E-state index contributed by atoms with van der Waals surface area (Å²) < 4.78 is 27.2. The van der Waals surface area contributed by atoms with Crippen molar-refractivity contribution in [3.8, 4) is 0 Å². The molecular weight excluding hydrogens is 274 g/mol. The molecule has 2 N–H and O–H groups in total. The molecule has 4 nitrogen and oxygen atoms in total. The second kappa shape index (κ2) is 7.52. The molecule has 2 heterocycles. The summed E-state index contributed by atoms with van der Waals surface area (Å²) in [5, 5.41) is 5.71. The lowest BCUT2D eigenvalue weighted by Crippen LogP contribution is -2.12. The molecule has 2 rings (SSSR count). The van der Waals surface area contributed by atoms with Crippen LogP contribution in [0.3, 0.4) is 0 Å². The SMILES string of the molecule is CCCNc1nc(NCCc2ccccn2)c(F)cc1F. The minimum Gasteiger partial charge on any atom is -0.368 e. The van der Waals surface area contributed by atoms with Crippen LogP contribution in [0.25, 0.3) is 0 Å². The highest BCUT2D eigenvalue weighted by Gasteiger charge is 2.11. The van der Waals surface area contributed by atoms with Crippen molar-refractivity contribution < 1.29 is 8.78 Å². The standard InChI is InChI=1S/C15H18F2N4/c1-2-7-19-14-12(16)10-13(17)15(21-14)20-9-6-11-5-3-4-8-18-11/h3-5,8,10H,2,6-7,9H2,1H3,(H2,19,20,21). The second-order valence-corrected chi connectivity index (χ2v) is 4.57. The first-order valence-corrected chi connectivity index (χ1v) is 6.94. The van der Waals surface area contributed by atoms with E-state index in [9.17, 15) is 8.78 Å². The van der Waals surface area contributed by atoms with Crippen LogP contribution < -0.4 is 10.6 Å². The maximum absolute atomic E-state index is 13.7. The molecule has 0 aromatic carbocycles. The maximum atomic E-state index is 13.7. The van der Waals surface area contributed by atoms with Gasteiger partial charge in [-0.1, -0.05) is 13.0 Å². The summed E-state index contributed by atoms with van der Waals surface area (Å²) in [6, 6.07) is 6.47. The van der Waals surface area contributed by atoms with Gasteiger partial charge >= 0.3 is 0 Å². The third-order valence-electron chi connectivity index (χ3n) is 2.87. The van der Waals surface area contributed by atoms with E-state index in [-0.39, 0.29) is 11.6 Å². The zero-order valence-electron chi connectivity index (χ0n) is 11.9. The molecule has 6 heteroatoms. The summed E-state index contributed by atoms with van der Waals surface area (Å²) in [5.41, 5.74) is 0.900. The molecule has 0 spiro atoms. The highest BCUT2D eigenvalue weighted by Crippen LogP contribution is 2.19. The van der Waals surface area contributed by atoms with Crippen molar-refractivity contribution >= 4 is 11.6 Å². The first-order valence-electron chi connectivity index (χ1n) is 6.94. The molecule has 0 saturated heterocycles. The first kappa shape index (κ1) is 15.2. The molecule has 2 aromatic rings. The van der Waals surface area contributed by atoms with Crippen LogP contribution in [0.2, 0.25) is 0 Å².